The zero-order valence-electron chi connectivity index (χ0n) is 16.3. The van der Waals surface area contributed by atoms with Crippen molar-refractivity contribution in [2.75, 3.05) is 13.7 Å². The minimum absolute atomic E-state index is 0. The van der Waals surface area contributed by atoms with Gasteiger partial charge in [0.2, 0.25) is 0 Å². The average molecular weight is 498 g/mol. The van der Waals surface area contributed by atoms with E-state index in [9.17, 15) is 10.1 Å². The Morgan fingerprint density at radius 3 is 2.25 bits per heavy atom. The predicted octanol–water partition coefficient (Wildman–Crippen LogP) is 3.91. The molecular formula is C20H27IN4O3. The Hall–Kier alpha value is -2.36. The van der Waals surface area contributed by atoms with Gasteiger partial charge in [0.1, 0.15) is 5.75 Å². The van der Waals surface area contributed by atoms with E-state index in [0.29, 0.717) is 6.54 Å². The molecule has 152 valence electrons. The summed E-state index contributed by atoms with van der Waals surface area (Å²) >= 11 is 0. The van der Waals surface area contributed by atoms with Gasteiger partial charge in [-0.15, -0.1) is 24.0 Å². The van der Waals surface area contributed by atoms with Crippen LogP contribution in [0, 0.1) is 10.1 Å². The van der Waals surface area contributed by atoms with Crippen LogP contribution in [0.2, 0.25) is 0 Å². The van der Waals surface area contributed by atoms with Crippen molar-refractivity contribution in [2.45, 2.75) is 32.9 Å². The summed E-state index contributed by atoms with van der Waals surface area (Å²) in [4.78, 5) is 14.9. The van der Waals surface area contributed by atoms with Crippen molar-refractivity contribution >= 4 is 35.6 Å². The Labute approximate surface area is 182 Å². The van der Waals surface area contributed by atoms with Gasteiger partial charge in [0.15, 0.2) is 5.96 Å². The quantitative estimate of drug-likeness (QED) is 0.190. The maximum atomic E-state index is 10.7. The molecule has 2 aromatic carbocycles. The predicted molar refractivity (Wildman–Crippen MR) is 123 cm³/mol. The highest BCUT2D eigenvalue weighted by atomic mass is 127. The van der Waals surface area contributed by atoms with Gasteiger partial charge in [0.05, 0.1) is 18.6 Å². The number of nitrogens with one attached hydrogen (secondary N) is 2. The molecule has 28 heavy (non-hydrogen) atoms. The molecule has 0 atom stereocenters. The second kappa shape index (κ2) is 12.2. The van der Waals surface area contributed by atoms with E-state index in [2.05, 4.69) is 15.6 Å². The second-order valence-corrected chi connectivity index (χ2v) is 6.41. The molecule has 0 aliphatic rings. The number of nitro groups is 1. The Morgan fingerprint density at radius 2 is 1.71 bits per heavy atom. The van der Waals surface area contributed by atoms with Crippen LogP contribution in [0.5, 0.6) is 5.75 Å². The molecule has 8 heteroatoms. The van der Waals surface area contributed by atoms with Gasteiger partial charge >= 0.3 is 0 Å². The molecule has 0 radical (unpaired) electrons. The molecule has 0 unspecified atom stereocenters. The minimum Gasteiger partial charge on any atom is -0.497 e. The number of rotatable bonds is 8. The van der Waals surface area contributed by atoms with Crippen LogP contribution < -0.4 is 15.4 Å². The van der Waals surface area contributed by atoms with Crippen LogP contribution in [0.25, 0.3) is 0 Å². The lowest BCUT2D eigenvalue weighted by molar-refractivity contribution is -0.384. The first-order chi connectivity index (χ1) is 13.0. The minimum atomic E-state index is -0.403. The van der Waals surface area contributed by atoms with Crippen molar-refractivity contribution in [3.63, 3.8) is 0 Å². The van der Waals surface area contributed by atoms with E-state index < -0.39 is 4.92 Å². The first kappa shape index (κ1) is 23.7. The SMILES string of the molecule is COc1ccc(CCNC(=NCc2ccc([N+](=O)[O-])cc2)NC(C)C)cc1.I. The zero-order valence-corrected chi connectivity index (χ0v) is 18.7. The molecule has 7 nitrogen and oxygen atoms in total. The molecule has 0 heterocycles. The number of nitrogens with zero attached hydrogens (tertiary/aromatic N) is 2. The van der Waals surface area contributed by atoms with Gasteiger partial charge in [-0.3, -0.25) is 10.1 Å². The fourth-order valence-corrected chi connectivity index (χ4v) is 2.44. The Kier molecular flexibility index (Phi) is 10.3. The summed E-state index contributed by atoms with van der Waals surface area (Å²) in [5, 5.41) is 17.3. The number of benzene rings is 2. The molecule has 0 saturated carbocycles. The fourth-order valence-electron chi connectivity index (χ4n) is 2.44. The van der Waals surface area contributed by atoms with Gasteiger partial charge in [-0.25, -0.2) is 4.99 Å². The molecular weight excluding hydrogens is 471 g/mol. The van der Waals surface area contributed by atoms with Gasteiger partial charge in [-0.2, -0.15) is 0 Å². The lowest BCUT2D eigenvalue weighted by atomic mass is 10.1. The van der Waals surface area contributed by atoms with Crippen LogP contribution >= 0.6 is 24.0 Å². The summed E-state index contributed by atoms with van der Waals surface area (Å²) in [6, 6.07) is 14.7. The zero-order chi connectivity index (χ0) is 19.6. The highest BCUT2D eigenvalue weighted by molar-refractivity contribution is 14.0. The van der Waals surface area contributed by atoms with Crippen molar-refractivity contribution in [1.29, 1.82) is 0 Å². The van der Waals surface area contributed by atoms with Crippen LogP contribution in [-0.2, 0) is 13.0 Å². The summed E-state index contributed by atoms with van der Waals surface area (Å²) < 4.78 is 5.17. The molecule has 0 saturated heterocycles. The first-order valence-corrected chi connectivity index (χ1v) is 8.89. The number of aliphatic imine (C=N–C) groups is 1. The van der Waals surface area contributed by atoms with Crippen LogP contribution in [0.3, 0.4) is 0 Å². The fraction of sp³-hybridized carbons (Fsp3) is 0.350. The van der Waals surface area contributed by atoms with Crippen molar-refractivity contribution in [2.24, 2.45) is 4.99 Å². The highest BCUT2D eigenvalue weighted by Crippen LogP contribution is 2.13. The largest absolute Gasteiger partial charge is 0.497 e. The maximum Gasteiger partial charge on any atom is 0.269 e. The highest BCUT2D eigenvalue weighted by Gasteiger charge is 2.05. The molecule has 0 aromatic heterocycles. The van der Waals surface area contributed by atoms with Crippen molar-refractivity contribution in [3.8, 4) is 5.75 Å². The maximum absolute atomic E-state index is 10.7. The molecule has 2 aromatic rings. The van der Waals surface area contributed by atoms with Gasteiger partial charge in [0, 0.05) is 24.7 Å². The summed E-state index contributed by atoms with van der Waals surface area (Å²) in [6.07, 6.45) is 0.861. The van der Waals surface area contributed by atoms with Crippen LogP contribution in [0.1, 0.15) is 25.0 Å². The van der Waals surface area contributed by atoms with Crippen LogP contribution in [0.4, 0.5) is 5.69 Å². The summed E-state index contributed by atoms with van der Waals surface area (Å²) in [5.41, 5.74) is 2.21. The molecule has 0 aliphatic carbocycles. The summed E-state index contributed by atoms with van der Waals surface area (Å²) in [6.45, 7) is 5.28. The van der Waals surface area contributed by atoms with Crippen molar-refractivity contribution < 1.29 is 9.66 Å². The Morgan fingerprint density at radius 1 is 1.11 bits per heavy atom. The number of ether oxygens (including phenoxy) is 1. The number of guanidine groups is 1. The normalized spacial score (nSPS) is 10.9. The molecule has 2 N–H and O–H groups in total. The topological polar surface area (TPSA) is 88.8 Å². The van der Waals surface area contributed by atoms with Crippen LogP contribution in [-0.4, -0.2) is 30.6 Å². The number of nitro benzene ring substituents is 1. The van der Waals surface area contributed by atoms with E-state index in [1.54, 1.807) is 19.2 Å². The van der Waals surface area contributed by atoms with Gasteiger partial charge in [-0.05, 0) is 43.5 Å². The van der Waals surface area contributed by atoms with E-state index in [-0.39, 0.29) is 35.7 Å². The number of methoxy groups -OCH3 is 1. The third-order valence-corrected chi connectivity index (χ3v) is 3.86. The molecule has 0 fully saturated rings. The lowest BCUT2D eigenvalue weighted by Gasteiger charge is -2.15. The molecule has 0 aliphatic heterocycles. The number of non-ortho nitro benzene ring substituents is 1. The molecule has 0 spiro atoms. The van der Waals surface area contributed by atoms with Crippen molar-refractivity contribution in [1.82, 2.24) is 10.6 Å². The van der Waals surface area contributed by atoms with E-state index in [1.807, 2.05) is 38.1 Å². The van der Waals surface area contributed by atoms with E-state index >= 15 is 0 Å². The summed E-state index contributed by atoms with van der Waals surface area (Å²) in [5.74, 6) is 1.57. The molecule has 0 amide bonds. The number of hydrogen-bond donors (Lipinski definition) is 2. The van der Waals surface area contributed by atoms with Gasteiger partial charge in [-0.1, -0.05) is 24.3 Å². The third-order valence-electron chi connectivity index (χ3n) is 3.86. The Balaban J connectivity index is 0.00000392. The molecule has 0 bridgehead atoms. The van der Waals surface area contributed by atoms with Gasteiger partial charge < -0.3 is 15.4 Å². The average Bonchev–Trinajstić information content (AvgIpc) is 2.66. The van der Waals surface area contributed by atoms with Crippen molar-refractivity contribution in [3.05, 3.63) is 69.8 Å². The smallest absolute Gasteiger partial charge is 0.269 e. The molecule has 2 rings (SSSR count). The number of hydrogen-bond acceptors (Lipinski definition) is 4. The summed E-state index contributed by atoms with van der Waals surface area (Å²) in [7, 11) is 1.65. The lowest BCUT2D eigenvalue weighted by Crippen LogP contribution is -2.41. The number of halogens is 1. The first-order valence-electron chi connectivity index (χ1n) is 8.89. The van der Waals surface area contributed by atoms with E-state index in [1.165, 1.54) is 17.7 Å². The Bertz CT molecular complexity index is 762. The van der Waals surface area contributed by atoms with Crippen LogP contribution in [0.15, 0.2) is 53.5 Å². The third kappa shape index (κ3) is 8.12. The van der Waals surface area contributed by atoms with Gasteiger partial charge in [0.25, 0.3) is 5.69 Å². The monoisotopic (exact) mass is 498 g/mol. The second-order valence-electron chi connectivity index (χ2n) is 6.41. The standard InChI is InChI=1S/C20H26N4O3.HI/c1-15(2)23-20(21-13-12-16-6-10-19(27-3)11-7-16)22-14-17-4-8-18(9-5-17)24(25)26;/h4-11,15H,12-14H2,1-3H3,(H2,21,22,23);1H. The van der Waals surface area contributed by atoms with E-state index in [0.717, 1.165) is 30.2 Å². The van der Waals surface area contributed by atoms with E-state index in [4.69, 9.17) is 4.74 Å².